The first-order valence-corrected chi connectivity index (χ1v) is 7.99. The molecule has 0 aliphatic carbocycles. The molecule has 0 saturated carbocycles. The van der Waals surface area contributed by atoms with E-state index in [4.69, 9.17) is 21.1 Å². The average Bonchev–Trinajstić information content (AvgIpc) is 2.53. The Morgan fingerprint density at radius 2 is 1.81 bits per heavy atom. The van der Waals surface area contributed by atoms with E-state index in [0.29, 0.717) is 16.3 Å². The van der Waals surface area contributed by atoms with Crippen LogP contribution in [0.5, 0.6) is 5.75 Å². The van der Waals surface area contributed by atoms with E-state index in [1.807, 2.05) is 30.5 Å². The summed E-state index contributed by atoms with van der Waals surface area (Å²) in [6.07, 6.45) is 1.99. The van der Waals surface area contributed by atoms with E-state index in [-0.39, 0.29) is 19.2 Å². The molecule has 0 unspecified atom stereocenters. The second-order valence-electron chi connectivity index (χ2n) is 4.14. The Labute approximate surface area is 133 Å². The van der Waals surface area contributed by atoms with Crippen LogP contribution in [-0.2, 0) is 4.74 Å². The van der Waals surface area contributed by atoms with Crippen LogP contribution in [0.3, 0.4) is 0 Å². The molecule has 0 atom stereocenters. The maximum absolute atomic E-state index is 11.8. The molecule has 0 radical (unpaired) electrons. The Bertz CT molecular complexity index is 599. The number of rotatable bonds is 6. The number of halogens is 1. The fourth-order valence-corrected chi connectivity index (χ4v) is 2.26. The van der Waals surface area contributed by atoms with Gasteiger partial charge in [0.25, 0.3) is 0 Å². The van der Waals surface area contributed by atoms with E-state index in [9.17, 15) is 4.79 Å². The molecule has 0 aliphatic heterocycles. The molecule has 5 heteroatoms. The first-order chi connectivity index (χ1) is 10.2. The van der Waals surface area contributed by atoms with Crippen LogP contribution in [0.15, 0.2) is 53.4 Å². The second-order valence-corrected chi connectivity index (χ2v) is 5.43. The lowest BCUT2D eigenvalue weighted by Crippen LogP contribution is -2.12. The summed E-state index contributed by atoms with van der Waals surface area (Å²) in [6.45, 7) is 0.437. The van der Waals surface area contributed by atoms with Crippen molar-refractivity contribution >= 4 is 29.3 Å². The minimum absolute atomic E-state index is 0.175. The van der Waals surface area contributed by atoms with Crippen LogP contribution >= 0.6 is 23.4 Å². The van der Waals surface area contributed by atoms with E-state index >= 15 is 0 Å². The highest BCUT2D eigenvalue weighted by atomic mass is 35.5. The van der Waals surface area contributed by atoms with Crippen molar-refractivity contribution in [3.05, 3.63) is 59.1 Å². The lowest BCUT2D eigenvalue weighted by atomic mass is 10.2. The van der Waals surface area contributed by atoms with Crippen molar-refractivity contribution in [3.63, 3.8) is 0 Å². The third-order valence-electron chi connectivity index (χ3n) is 2.74. The van der Waals surface area contributed by atoms with Gasteiger partial charge in [0.05, 0.1) is 10.6 Å². The molecule has 0 saturated heterocycles. The Hall–Kier alpha value is -1.65. The number of hydrogen-bond acceptors (Lipinski definition) is 4. The van der Waals surface area contributed by atoms with Crippen LogP contribution in [0, 0.1) is 0 Å². The minimum atomic E-state index is -0.356. The van der Waals surface area contributed by atoms with Gasteiger partial charge in [-0.05, 0) is 42.7 Å². The minimum Gasteiger partial charge on any atom is -0.488 e. The van der Waals surface area contributed by atoms with Crippen molar-refractivity contribution < 1.29 is 14.3 Å². The number of carbonyl (C=O) groups excluding carboxylic acids is 1. The van der Waals surface area contributed by atoms with E-state index in [1.54, 1.807) is 36.0 Å². The molecule has 0 fully saturated rings. The van der Waals surface area contributed by atoms with Crippen molar-refractivity contribution in [3.8, 4) is 5.75 Å². The third-order valence-corrected chi connectivity index (χ3v) is 3.79. The molecule has 0 aliphatic rings. The second kappa shape index (κ2) is 7.96. The molecule has 2 rings (SSSR count). The smallest absolute Gasteiger partial charge is 0.338 e. The number of ether oxygens (including phenoxy) is 2. The molecule has 110 valence electrons. The summed E-state index contributed by atoms with van der Waals surface area (Å²) in [6, 6.07) is 14.5. The maximum atomic E-state index is 11.8. The highest BCUT2D eigenvalue weighted by Gasteiger charge is 2.07. The largest absolute Gasteiger partial charge is 0.488 e. The molecule has 0 amide bonds. The zero-order valence-corrected chi connectivity index (χ0v) is 13.1. The average molecular weight is 323 g/mol. The van der Waals surface area contributed by atoms with Crippen LogP contribution in [0.2, 0.25) is 5.02 Å². The molecule has 21 heavy (non-hydrogen) atoms. The van der Waals surface area contributed by atoms with Gasteiger partial charge in [-0.3, -0.25) is 0 Å². The zero-order chi connectivity index (χ0) is 15.1. The standard InChI is InChI=1S/C16H15ClO3S/c1-21-13-8-6-12(7-9-13)16(18)20-11-10-19-15-5-3-2-4-14(15)17/h2-9H,10-11H2,1H3. The van der Waals surface area contributed by atoms with E-state index < -0.39 is 0 Å². The summed E-state index contributed by atoms with van der Waals surface area (Å²) >= 11 is 7.58. The lowest BCUT2D eigenvalue weighted by Gasteiger charge is -2.08. The summed E-state index contributed by atoms with van der Waals surface area (Å²) in [5.41, 5.74) is 0.533. The highest BCUT2D eigenvalue weighted by Crippen LogP contribution is 2.22. The van der Waals surface area contributed by atoms with Crippen molar-refractivity contribution in [1.29, 1.82) is 0 Å². The summed E-state index contributed by atoms with van der Waals surface area (Å²) in [5.74, 6) is 0.227. The number of para-hydroxylation sites is 1. The number of carbonyl (C=O) groups is 1. The van der Waals surface area contributed by atoms with Gasteiger partial charge in [-0.15, -0.1) is 11.8 Å². The van der Waals surface area contributed by atoms with Gasteiger partial charge < -0.3 is 9.47 Å². The first kappa shape index (κ1) is 15.7. The van der Waals surface area contributed by atoms with Crippen LogP contribution in [0.1, 0.15) is 10.4 Å². The number of benzene rings is 2. The first-order valence-electron chi connectivity index (χ1n) is 6.39. The van der Waals surface area contributed by atoms with Crippen LogP contribution in [-0.4, -0.2) is 25.4 Å². The van der Waals surface area contributed by atoms with Crippen LogP contribution < -0.4 is 4.74 Å². The van der Waals surface area contributed by atoms with Crippen LogP contribution in [0.4, 0.5) is 0 Å². The maximum Gasteiger partial charge on any atom is 0.338 e. The third kappa shape index (κ3) is 4.69. The SMILES string of the molecule is CSc1ccc(C(=O)OCCOc2ccccc2Cl)cc1. The fraction of sp³-hybridized carbons (Fsp3) is 0.188. The summed E-state index contributed by atoms with van der Waals surface area (Å²) in [7, 11) is 0. The molecular weight excluding hydrogens is 308 g/mol. The number of thioether (sulfide) groups is 1. The Morgan fingerprint density at radius 1 is 1.10 bits per heavy atom. The van der Waals surface area contributed by atoms with Gasteiger partial charge in [-0.2, -0.15) is 0 Å². The molecule has 0 bridgehead atoms. The van der Waals surface area contributed by atoms with Gasteiger partial charge in [-0.25, -0.2) is 4.79 Å². The van der Waals surface area contributed by atoms with Gasteiger partial charge in [0.2, 0.25) is 0 Å². The van der Waals surface area contributed by atoms with Crippen molar-refractivity contribution in [2.45, 2.75) is 4.90 Å². The molecule has 0 aromatic heterocycles. The summed E-state index contributed by atoms with van der Waals surface area (Å²) in [5, 5.41) is 0.538. The molecule has 0 spiro atoms. The zero-order valence-electron chi connectivity index (χ0n) is 11.5. The normalized spacial score (nSPS) is 10.2. The number of esters is 1. The summed E-state index contributed by atoms with van der Waals surface area (Å²) < 4.78 is 10.6. The predicted octanol–water partition coefficient (Wildman–Crippen LogP) is 4.30. The number of hydrogen-bond donors (Lipinski definition) is 0. The summed E-state index contributed by atoms with van der Waals surface area (Å²) in [4.78, 5) is 12.9. The quantitative estimate of drug-likeness (QED) is 0.451. The highest BCUT2D eigenvalue weighted by molar-refractivity contribution is 7.98. The van der Waals surface area contributed by atoms with E-state index in [0.717, 1.165) is 4.90 Å². The Morgan fingerprint density at radius 3 is 2.48 bits per heavy atom. The monoisotopic (exact) mass is 322 g/mol. The van der Waals surface area contributed by atoms with Crippen molar-refractivity contribution in [1.82, 2.24) is 0 Å². The lowest BCUT2D eigenvalue weighted by molar-refractivity contribution is 0.0450. The predicted molar refractivity (Wildman–Crippen MR) is 85.5 cm³/mol. The molecule has 3 nitrogen and oxygen atoms in total. The van der Waals surface area contributed by atoms with Gasteiger partial charge in [-0.1, -0.05) is 23.7 Å². The molecular formula is C16H15ClO3S. The molecule has 0 N–H and O–H groups in total. The molecule has 2 aromatic rings. The Kier molecular flexibility index (Phi) is 5.96. The van der Waals surface area contributed by atoms with Gasteiger partial charge in [0.1, 0.15) is 19.0 Å². The van der Waals surface area contributed by atoms with E-state index in [1.165, 1.54) is 0 Å². The van der Waals surface area contributed by atoms with Crippen molar-refractivity contribution in [2.75, 3.05) is 19.5 Å². The van der Waals surface area contributed by atoms with Gasteiger partial charge >= 0.3 is 5.97 Å². The van der Waals surface area contributed by atoms with E-state index in [2.05, 4.69) is 0 Å². The Balaban J connectivity index is 1.77. The molecule has 0 heterocycles. The van der Waals surface area contributed by atoms with Crippen molar-refractivity contribution in [2.24, 2.45) is 0 Å². The van der Waals surface area contributed by atoms with Gasteiger partial charge in [0, 0.05) is 4.90 Å². The molecule has 2 aromatic carbocycles. The topological polar surface area (TPSA) is 35.5 Å². The van der Waals surface area contributed by atoms with Gasteiger partial charge in [0.15, 0.2) is 0 Å². The van der Waals surface area contributed by atoms with Crippen LogP contribution in [0.25, 0.3) is 0 Å². The fourth-order valence-electron chi connectivity index (χ4n) is 1.66.